The first-order chi connectivity index (χ1) is 29.9. The van der Waals surface area contributed by atoms with Gasteiger partial charge in [-0.1, -0.05) is 226 Å². The van der Waals surface area contributed by atoms with Gasteiger partial charge < -0.3 is 40.3 Å². The molecule has 1 heterocycles. The summed E-state index contributed by atoms with van der Waals surface area (Å²) < 4.78 is 47.7. The van der Waals surface area contributed by atoms with Crippen molar-refractivity contribution in [3.8, 4) is 0 Å². The molecule has 0 spiro atoms. The van der Waals surface area contributed by atoms with E-state index in [0.717, 1.165) is 38.5 Å². The molecule has 1 saturated heterocycles. The van der Waals surface area contributed by atoms with E-state index in [-0.39, 0.29) is 6.42 Å². The van der Waals surface area contributed by atoms with Crippen LogP contribution in [0.4, 0.5) is 0 Å². The number of unbranched alkanes of at least 4 members (excludes halogenated alkanes) is 31. The summed E-state index contributed by atoms with van der Waals surface area (Å²) in [7, 11) is -5.11. The molecule has 0 saturated carbocycles. The van der Waals surface area contributed by atoms with Crippen molar-refractivity contribution in [3.63, 3.8) is 0 Å². The number of amides is 1. The Morgan fingerprint density at radius 1 is 0.581 bits per heavy atom. The van der Waals surface area contributed by atoms with Crippen LogP contribution in [0.3, 0.4) is 0 Å². The van der Waals surface area contributed by atoms with Crippen LogP contribution in [0.5, 0.6) is 0 Å². The summed E-state index contributed by atoms with van der Waals surface area (Å²) in [4.78, 5) is 13.2. The molecule has 1 rings (SSSR count). The monoisotopic (exact) mass is 910 g/mol. The van der Waals surface area contributed by atoms with Crippen LogP contribution >= 0.6 is 0 Å². The molecule has 370 valence electrons. The average molecular weight is 910 g/mol. The molecule has 0 bridgehead atoms. The molecule has 1 amide bonds. The van der Waals surface area contributed by atoms with Crippen LogP contribution < -0.4 is 5.32 Å². The summed E-state index contributed by atoms with van der Waals surface area (Å²) in [6.45, 7) is 3.31. The molecule has 62 heavy (non-hydrogen) atoms. The Morgan fingerprint density at radius 3 is 1.29 bits per heavy atom. The lowest BCUT2D eigenvalue weighted by Crippen LogP contribution is -2.61. The molecule has 0 radical (unpaired) electrons. The molecule has 13 nitrogen and oxygen atoms in total. The van der Waals surface area contributed by atoms with Gasteiger partial charge in [0.25, 0.3) is 0 Å². The zero-order chi connectivity index (χ0) is 45.7. The Bertz CT molecular complexity index is 1130. The number of hydrogen-bond acceptors (Lipinski definition) is 11. The van der Waals surface area contributed by atoms with E-state index in [1.807, 2.05) is 0 Å². The molecule has 8 atom stereocenters. The fraction of sp³-hybridized carbons (Fsp3) is 0.979. The fourth-order valence-corrected chi connectivity index (χ4v) is 8.98. The van der Waals surface area contributed by atoms with Gasteiger partial charge in [0.05, 0.1) is 25.4 Å². The van der Waals surface area contributed by atoms with Gasteiger partial charge in [0, 0.05) is 0 Å². The van der Waals surface area contributed by atoms with Crippen LogP contribution in [0, 0.1) is 0 Å². The van der Waals surface area contributed by atoms with Crippen LogP contribution in [0.15, 0.2) is 0 Å². The zero-order valence-electron chi connectivity index (χ0n) is 39.3. The first-order valence-electron chi connectivity index (χ1n) is 25.5. The normalized spacial score (nSPS) is 20.9. The van der Waals surface area contributed by atoms with Gasteiger partial charge in [-0.2, -0.15) is 8.42 Å². The summed E-state index contributed by atoms with van der Waals surface area (Å²) >= 11 is 0. The third kappa shape index (κ3) is 31.1. The minimum atomic E-state index is -5.11. The minimum Gasteiger partial charge on any atom is -0.394 e. The number of aliphatic hydroxyl groups is 5. The molecule has 0 aromatic rings. The van der Waals surface area contributed by atoms with Gasteiger partial charge in [-0.15, -0.1) is 0 Å². The lowest BCUT2D eigenvalue weighted by atomic mass is 9.99. The van der Waals surface area contributed by atoms with Crippen LogP contribution in [-0.2, 0) is 28.9 Å². The first kappa shape index (κ1) is 59.1. The highest BCUT2D eigenvalue weighted by Crippen LogP contribution is 2.26. The molecular weight excluding hydrogens is 815 g/mol. The Morgan fingerprint density at radius 2 is 0.935 bits per heavy atom. The van der Waals surface area contributed by atoms with Crippen molar-refractivity contribution in [2.75, 3.05) is 13.2 Å². The van der Waals surface area contributed by atoms with E-state index in [1.165, 1.54) is 161 Å². The molecule has 1 fully saturated rings. The highest BCUT2D eigenvalue weighted by Gasteiger charge is 2.48. The van der Waals surface area contributed by atoms with Gasteiger partial charge in [-0.25, -0.2) is 4.18 Å². The van der Waals surface area contributed by atoms with Gasteiger partial charge in [0.15, 0.2) is 6.29 Å². The van der Waals surface area contributed by atoms with Crippen LogP contribution in [0.25, 0.3) is 0 Å². The Labute approximate surface area is 378 Å². The van der Waals surface area contributed by atoms with E-state index in [2.05, 4.69) is 23.3 Å². The summed E-state index contributed by atoms with van der Waals surface area (Å²) in [5.41, 5.74) is 0. The molecule has 0 aromatic carbocycles. The van der Waals surface area contributed by atoms with Gasteiger partial charge in [-0.3, -0.25) is 9.35 Å². The lowest BCUT2D eigenvalue weighted by molar-refractivity contribution is -0.298. The largest absolute Gasteiger partial charge is 0.397 e. The third-order valence-electron chi connectivity index (χ3n) is 12.5. The molecule has 14 heteroatoms. The van der Waals surface area contributed by atoms with Crippen molar-refractivity contribution in [1.29, 1.82) is 0 Å². The van der Waals surface area contributed by atoms with Crippen molar-refractivity contribution in [2.24, 2.45) is 0 Å². The van der Waals surface area contributed by atoms with Crippen molar-refractivity contribution in [1.82, 2.24) is 5.32 Å². The maximum atomic E-state index is 13.2. The van der Waals surface area contributed by atoms with E-state index < -0.39 is 78.5 Å². The number of nitrogens with one attached hydrogen (secondary N) is 1. The van der Waals surface area contributed by atoms with Crippen molar-refractivity contribution >= 4 is 16.3 Å². The molecule has 0 aromatic heterocycles. The number of hydrogen-bond donors (Lipinski definition) is 7. The maximum absolute atomic E-state index is 13.2. The van der Waals surface area contributed by atoms with Gasteiger partial charge in [-0.05, 0) is 12.8 Å². The quantitative estimate of drug-likeness (QED) is 0.0225. The summed E-state index contributed by atoms with van der Waals surface area (Å²) in [6.07, 6.45) is 29.9. The highest BCUT2D eigenvalue weighted by atomic mass is 32.3. The molecule has 1 aliphatic rings. The summed E-state index contributed by atoms with van der Waals surface area (Å²) in [6, 6.07) is -1.03. The lowest BCUT2D eigenvalue weighted by Gasteiger charge is -2.41. The minimum absolute atomic E-state index is 0.266. The first-order valence-corrected chi connectivity index (χ1v) is 26.9. The predicted octanol–water partition coefficient (Wildman–Crippen LogP) is 9.53. The van der Waals surface area contributed by atoms with Crippen molar-refractivity contribution in [2.45, 2.75) is 288 Å². The number of aliphatic hydroxyl groups excluding tert-OH is 5. The van der Waals surface area contributed by atoms with Crippen molar-refractivity contribution < 1.29 is 57.0 Å². The van der Waals surface area contributed by atoms with Crippen LogP contribution in [-0.4, -0.2) is 107 Å². The topological polar surface area (TPSA) is 212 Å². The standard InChI is InChI=1S/C48H95NO12S/c1-3-5-7-9-11-13-15-17-19-20-21-23-24-26-28-30-32-34-36-41(51)40(39-59-48-45(54)46(61-62(56,57)58)44(53)43(38-50)60-48)49-47(55)42(52)37-35-33-31-29-27-25-22-18-16-14-12-10-8-6-4-2/h40-46,48,50-54H,3-39H2,1-2H3,(H,49,55)(H,56,57,58). The van der Waals surface area contributed by atoms with Gasteiger partial charge in [0.1, 0.15) is 30.5 Å². The fourth-order valence-electron chi connectivity index (χ4n) is 8.47. The smallest absolute Gasteiger partial charge is 0.394 e. The Balaban J connectivity index is 2.49. The average Bonchev–Trinajstić information content (AvgIpc) is 3.24. The summed E-state index contributed by atoms with van der Waals surface area (Å²) in [5, 5.41) is 55.5. The third-order valence-corrected chi connectivity index (χ3v) is 13.0. The highest BCUT2D eigenvalue weighted by molar-refractivity contribution is 7.80. The number of carbonyl (C=O) groups is 1. The predicted molar refractivity (Wildman–Crippen MR) is 247 cm³/mol. The van der Waals surface area contributed by atoms with Gasteiger partial charge in [0.2, 0.25) is 5.91 Å². The molecule has 1 aliphatic heterocycles. The molecule has 0 aliphatic carbocycles. The Kier molecular flexibility index (Phi) is 37.4. The number of ether oxygens (including phenoxy) is 2. The number of carbonyl (C=O) groups excluding carboxylic acids is 1. The van der Waals surface area contributed by atoms with E-state index in [1.54, 1.807) is 0 Å². The van der Waals surface area contributed by atoms with Gasteiger partial charge >= 0.3 is 10.4 Å². The molecule has 8 unspecified atom stereocenters. The van der Waals surface area contributed by atoms with E-state index >= 15 is 0 Å². The second-order valence-corrected chi connectivity index (χ2v) is 19.3. The summed E-state index contributed by atoms with van der Waals surface area (Å²) in [5.74, 6) is -0.665. The number of rotatable bonds is 44. The second kappa shape index (κ2) is 39.2. The maximum Gasteiger partial charge on any atom is 0.397 e. The van der Waals surface area contributed by atoms with E-state index in [0.29, 0.717) is 19.3 Å². The molecular formula is C48H95NO12S. The van der Waals surface area contributed by atoms with E-state index in [9.17, 15) is 43.3 Å². The Hall–Kier alpha value is -0.940. The van der Waals surface area contributed by atoms with E-state index in [4.69, 9.17) is 9.47 Å². The zero-order valence-corrected chi connectivity index (χ0v) is 40.1. The SMILES string of the molecule is CCCCCCCCCCCCCCCCCCCCC(O)C(COC1OC(CO)C(O)C(OS(=O)(=O)O)C1O)NC(=O)C(O)CCCCCCCCCCCCCCCCC. The van der Waals surface area contributed by atoms with Crippen LogP contribution in [0.1, 0.15) is 239 Å². The molecule has 7 N–H and O–H groups in total. The second-order valence-electron chi connectivity index (χ2n) is 18.3. The van der Waals surface area contributed by atoms with Crippen LogP contribution in [0.2, 0.25) is 0 Å². The van der Waals surface area contributed by atoms with Crippen molar-refractivity contribution in [3.05, 3.63) is 0 Å².